The maximum atomic E-state index is 13.9. The maximum Gasteiger partial charge on any atom is 0.326 e. The van der Waals surface area contributed by atoms with Crippen LogP contribution in [0.25, 0.3) is 0 Å². The Morgan fingerprint density at radius 1 is 0.854 bits per heavy atom. The van der Waals surface area contributed by atoms with Gasteiger partial charge in [0.15, 0.2) is 5.75 Å². The number of nitro groups is 2. The molecule has 0 aromatic heterocycles. The van der Waals surface area contributed by atoms with Crippen molar-refractivity contribution in [2.45, 2.75) is 88.4 Å². The third kappa shape index (κ3) is 9.24. The summed E-state index contributed by atoms with van der Waals surface area (Å²) in [5.41, 5.74) is 6.13. The zero-order chi connectivity index (χ0) is 35.0. The molecule has 1 aliphatic carbocycles. The minimum Gasteiger partial charge on any atom is -0.502 e. The molecular weight excluding hydrogens is 628 g/mol. The largest absolute Gasteiger partial charge is 0.502 e. The van der Waals surface area contributed by atoms with Crippen LogP contribution in [0.1, 0.15) is 62.5 Å². The van der Waals surface area contributed by atoms with E-state index in [1.165, 1.54) is 30.3 Å². The smallest absolute Gasteiger partial charge is 0.326 e. The van der Waals surface area contributed by atoms with E-state index in [2.05, 4.69) is 10.6 Å². The van der Waals surface area contributed by atoms with E-state index >= 15 is 0 Å². The zero-order valence-corrected chi connectivity index (χ0v) is 26.3. The second-order valence-electron chi connectivity index (χ2n) is 12.4. The quantitative estimate of drug-likeness (QED) is 0.144. The molecule has 16 nitrogen and oxygen atoms in total. The Morgan fingerprint density at radius 3 is 2.10 bits per heavy atom. The van der Waals surface area contributed by atoms with E-state index in [4.69, 9.17) is 5.73 Å². The van der Waals surface area contributed by atoms with Crippen molar-refractivity contribution in [2.75, 3.05) is 6.54 Å². The summed E-state index contributed by atoms with van der Waals surface area (Å²) in [6.07, 6.45) is 5.71. The number of benzene rings is 2. The summed E-state index contributed by atoms with van der Waals surface area (Å²) in [5.74, 6) is -3.70. The fourth-order valence-electron chi connectivity index (χ4n) is 6.40. The number of carboxylic acid groups (broad SMARTS) is 1. The van der Waals surface area contributed by atoms with Gasteiger partial charge < -0.3 is 31.5 Å². The molecule has 0 bridgehead atoms. The first kappa shape index (κ1) is 35.7. The number of hydrogen-bond acceptors (Lipinski definition) is 10. The number of carboxylic acids is 1. The second-order valence-corrected chi connectivity index (χ2v) is 12.4. The number of rotatable bonds is 14. The lowest BCUT2D eigenvalue weighted by Crippen LogP contribution is -2.58. The van der Waals surface area contributed by atoms with E-state index in [1.807, 2.05) is 0 Å². The van der Waals surface area contributed by atoms with Crippen molar-refractivity contribution in [3.8, 4) is 5.75 Å². The fourth-order valence-corrected chi connectivity index (χ4v) is 6.40. The summed E-state index contributed by atoms with van der Waals surface area (Å²) in [4.78, 5) is 75.3. The number of nitrogens with two attached hydrogens (primary N) is 1. The van der Waals surface area contributed by atoms with Gasteiger partial charge in [-0.25, -0.2) is 4.79 Å². The number of nitrogens with zero attached hydrogens (tertiary/aromatic N) is 3. The normalized spacial score (nSPS) is 18.4. The molecule has 6 N–H and O–H groups in total. The van der Waals surface area contributed by atoms with Gasteiger partial charge in [0.2, 0.25) is 17.7 Å². The molecular formula is C32H40N6O10. The predicted octanol–water partition coefficient (Wildman–Crippen LogP) is 2.34. The third-order valence-corrected chi connectivity index (χ3v) is 8.98. The lowest BCUT2D eigenvalue weighted by atomic mass is 9.85. The van der Waals surface area contributed by atoms with Crippen LogP contribution in [0.5, 0.6) is 5.75 Å². The van der Waals surface area contributed by atoms with Gasteiger partial charge in [0.05, 0.1) is 15.9 Å². The molecule has 258 valence electrons. The van der Waals surface area contributed by atoms with Crippen molar-refractivity contribution in [1.82, 2.24) is 15.5 Å². The number of carbonyl (C=O) groups is 4. The number of likely N-dealkylation sites (tertiary alicyclic amines) is 1. The number of aromatic hydroxyl groups is 1. The molecule has 1 saturated carbocycles. The van der Waals surface area contributed by atoms with E-state index in [0.29, 0.717) is 18.4 Å². The number of carbonyl (C=O) groups excluding carboxylic acids is 3. The van der Waals surface area contributed by atoms with Gasteiger partial charge in [0.1, 0.15) is 18.1 Å². The number of non-ortho nitro benzene ring substituents is 1. The molecule has 4 rings (SSSR count). The number of hydrogen-bond donors (Lipinski definition) is 5. The molecule has 2 aromatic carbocycles. The number of nitro benzene ring substituents is 2. The van der Waals surface area contributed by atoms with Crippen LogP contribution in [0.2, 0.25) is 0 Å². The summed E-state index contributed by atoms with van der Waals surface area (Å²) in [7, 11) is 0. The third-order valence-electron chi connectivity index (χ3n) is 8.98. The van der Waals surface area contributed by atoms with Crippen LogP contribution in [0.15, 0.2) is 42.5 Å². The van der Waals surface area contributed by atoms with Crippen molar-refractivity contribution in [1.29, 1.82) is 0 Å². The van der Waals surface area contributed by atoms with Crippen molar-refractivity contribution in [3.05, 3.63) is 73.8 Å². The minimum atomic E-state index is -1.41. The van der Waals surface area contributed by atoms with Crippen LogP contribution in [0.3, 0.4) is 0 Å². The van der Waals surface area contributed by atoms with Gasteiger partial charge in [-0.15, -0.1) is 0 Å². The molecule has 16 heteroatoms. The molecule has 0 unspecified atom stereocenters. The number of amides is 3. The first-order valence-corrected chi connectivity index (χ1v) is 15.9. The van der Waals surface area contributed by atoms with Crippen LogP contribution in [-0.4, -0.2) is 79.4 Å². The first-order chi connectivity index (χ1) is 22.8. The standard InChI is InChI=1S/C32H40N6O10/c33-23(15-19-5-2-1-3-6-19)29(40)34-24(16-20-8-11-22(12-9-20)37(45)46)30(41)35-25(31(42)36-14-4-7-26(36)32(43)44)17-21-10-13-28(39)27(18-21)38(47)48/h8-13,18-19,23-26,39H,1-7,14-17,33H2,(H,34,40)(H,35,41)(H,43,44)/t23-,24-,25-,26-/m0/s1. The van der Waals surface area contributed by atoms with E-state index in [0.717, 1.165) is 49.1 Å². The van der Waals surface area contributed by atoms with Gasteiger partial charge in [-0.1, -0.05) is 50.3 Å². The summed E-state index contributed by atoms with van der Waals surface area (Å²) >= 11 is 0. The Hall–Kier alpha value is -5.12. The molecule has 4 atom stereocenters. The van der Waals surface area contributed by atoms with Gasteiger partial charge in [-0.05, 0) is 42.4 Å². The molecule has 2 aromatic rings. The molecule has 1 saturated heterocycles. The monoisotopic (exact) mass is 668 g/mol. The number of nitrogens with one attached hydrogen (secondary N) is 2. The number of phenols is 1. The van der Waals surface area contributed by atoms with Crippen LogP contribution in [-0.2, 0) is 32.0 Å². The average molecular weight is 669 g/mol. The van der Waals surface area contributed by atoms with Gasteiger partial charge >= 0.3 is 11.7 Å². The molecule has 0 radical (unpaired) electrons. The Balaban J connectivity index is 1.61. The summed E-state index contributed by atoms with van der Waals surface area (Å²) < 4.78 is 0. The lowest BCUT2D eigenvalue weighted by Gasteiger charge is -2.29. The van der Waals surface area contributed by atoms with Gasteiger partial charge in [0, 0.05) is 37.6 Å². The summed E-state index contributed by atoms with van der Waals surface area (Å²) in [5, 5.41) is 47.5. The van der Waals surface area contributed by atoms with Crippen LogP contribution in [0, 0.1) is 26.1 Å². The predicted molar refractivity (Wildman–Crippen MR) is 171 cm³/mol. The zero-order valence-electron chi connectivity index (χ0n) is 26.3. The SMILES string of the molecule is N[C@@H](CC1CCCCC1)C(=O)N[C@@H](Cc1ccc([N+](=O)[O-])cc1)C(=O)N[C@@H](Cc1ccc(O)c([N+](=O)[O-])c1)C(=O)N1CCC[C@H]1C(=O)O. The highest BCUT2D eigenvalue weighted by molar-refractivity contribution is 5.94. The lowest BCUT2D eigenvalue weighted by molar-refractivity contribution is -0.385. The van der Waals surface area contributed by atoms with Gasteiger partial charge in [-0.2, -0.15) is 0 Å². The van der Waals surface area contributed by atoms with E-state index < -0.39 is 69.1 Å². The van der Waals surface area contributed by atoms with Gasteiger partial charge in [0.25, 0.3) is 5.69 Å². The topological polar surface area (TPSA) is 248 Å². The first-order valence-electron chi connectivity index (χ1n) is 15.9. The molecule has 2 aliphatic rings. The Bertz CT molecular complexity index is 1530. The maximum absolute atomic E-state index is 13.9. The highest BCUT2D eigenvalue weighted by Gasteiger charge is 2.39. The van der Waals surface area contributed by atoms with Crippen molar-refractivity contribution >= 4 is 35.1 Å². The Labute approximate surface area is 276 Å². The van der Waals surface area contributed by atoms with E-state index in [9.17, 15) is 49.6 Å². The second kappa shape index (κ2) is 16.1. The minimum absolute atomic E-state index is 0.108. The average Bonchev–Trinajstić information content (AvgIpc) is 3.56. The fraction of sp³-hybridized carbons (Fsp3) is 0.500. The Kier molecular flexibility index (Phi) is 12.0. The van der Waals surface area contributed by atoms with Crippen molar-refractivity contribution in [2.24, 2.45) is 11.7 Å². The van der Waals surface area contributed by atoms with Crippen LogP contribution in [0.4, 0.5) is 11.4 Å². The van der Waals surface area contributed by atoms with Crippen LogP contribution >= 0.6 is 0 Å². The molecule has 0 spiro atoms. The van der Waals surface area contributed by atoms with E-state index in [1.54, 1.807) is 0 Å². The summed E-state index contributed by atoms with van der Waals surface area (Å²) in [6.45, 7) is 0.108. The van der Waals surface area contributed by atoms with Crippen molar-refractivity contribution < 1.29 is 39.2 Å². The van der Waals surface area contributed by atoms with Crippen molar-refractivity contribution in [3.63, 3.8) is 0 Å². The summed E-state index contributed by atoms with van der Waals surface area (Å²) in [6, 6.07) is 4.10. The highest BCUT2D eigenvalue weighted by Crippen LogP contribution is 2.28. The van der Waals surface area contributed by atoms with Gasteiger partial charge in [-0.3, -0.25) is 34.6 Å². The Morgan fingerprint density at radius 2 is 1.48 bits per heavy atom. The van der Waals surface area contributed by atoms with E-state index in [-0.39, 0.29) is 43.0 Å². The molecule has 1 heterocycles. The molecule has 48 heavy (non-hydrogen) atoms. The molecule has 1 aliphatic heterocycles. The van der Waals surface area contributed by atoms with Crippen LogP contribution < -0.4 is 16.4 Å². The highest BCUT2D eigenvalue weighted by atomic mass is 16.6. The molecule has 2 fully saturated rings. The molecule has 3 amide bonds. The number of aliphatic carboxylic acids is 1. The number of phenolic OH excluding ortho intramolecular Hbond substituents is 1.